The molecule has 1 unspecified atom stereocenters. The molecule has 0 saturated carbocycles. The zero-order valence-electron chi connectivity index (χ0n) is 12.7. The Balaban J connectivity index is 2.13. The number of carbonyl (C=O) groups is 1. The van der Waals surface area contributed by atoms with Gasteiger partial charge in [0.25, 0.3) is 0 Å². The van der Waals surface area contributed by atoms with Crippen LogP contribution >= 0.6 is 23.4 Å². The summed E-state index contributed by atoms with van der Waals surface area (Å²) >= 11 is 7.23. The Morgan fingerprint density at radius 3 is 2.68 bits per heavy atom. The number of carboxylic acids is 1. The Morgan fingerprint density at radius 2 is 2.00 bits per heavy atom. The number of hydrogen-bond acceptors (Lipinski definition) is 3. The highest BCUT2D eigenvalue weighted by atomic mass is 35.5. The molecule has 1 aliphatic rings. The van der Waals surface area contributed by atoms with E-state index in [1.165, 1.54) is 17.8 Å². The quantitative estimate of drug-likeness (QED) is 0.729. The van der Waals surface area contributed by atoms with Crippen molar-refractivity contribution in [2.75, 3.05) is 5.75 Å². The van der Waals surface area contributed by atoms with Crippen LogP contribution < -0.4 is 5.43 Å². The molecule has 0 aliphatic carbocycles. The van der Waals surface area contributed by atoms with E-state index in [1.54, 1.807) is 4.57 Å². The third-order valence-electron chi connectivity index (χ3n) is 4.29. The molecule has 2 aromatic carbocycles. The minimum Gasteiger partial charge on any atom is -0.477 e. The van der Waals surface area contributed by atoms with Gasteiger partial charge in [0.1, 0.15) is 11.4 Å². The van der Waals surface area contributed by atoms with Crippen molar-refractivity contribution in [2.24, 2.45) is 0 Å². The van der Waals surface area contributed by atoms with Gasteiger partial charge in [0.2, 0.25) is 5.43 Å². The summed E-state index contributed by atoms with van der Waals surface area (Å²) in [6, 6.07) is 11.8. The predicted octanol–water partition coefficient (Wildman–Crippen LogP) is 4.19. The summed E-state index contributed by atoms with van der Waals surface area (Å²) in [5.41, 5.74) is 0.411. The second-order valence-corrected chi connectivity index (χ2v) is 7.12. The van der Waals surface area contributed by atoms with Gasteiger partial charge in [0, 0.05) is 11.1 Å². The Bertz CT molecular complexity index is 1080. The van der Waals surface area contributed by atoms with Crippen molar-refractivity contribution in [3.05, 3.63) is 74.7 Å². The molecule has 1 N–H and O–H groups in total. The predicted molar refractivity (Wildman–Crippen MR) is 95.4 cm³/mol. The Labute approximate surface area is 150 Å². The van der Waals surface area contributed by atoms with Gasteiger partial charge in [0.05, 0.1) is 21.6 Å². The second kappa shape index (κ2) is 5.89. The lowest BCUT2D eigenvalue weighted by Crippen LogP contribution is -2.22. The molecule has 4 rings (SSSR count). The Morgan fingerprint density at radius 1 is 1.28 bits per heavy atom. The molecule has 2 heterocycles. The zero-order chi connectivity index (χ0) is 17.7. The number of aromatic nitrogens is 1. The van der Waals surface area contributed by atoms with Gasteiger partial charge in [-0.1, -0.05) is 41.9 Å². The molecule has 0 radical (unpaired) electrons. The largest absolute Gasteiger partial charge is 0.477 e. The average molecular weight is 376 g/mol. The number of thioether (sulfide) groups is 1. The van der Waals surface area contributed by atoms with E-state index in [9.17, 15) is 19.1 Å². The van der Waals surface area contributed by atoms with Gasteiger partial charge < -0.3 is 9.67 Å². The van der Waals surface area contributed by atoms with E-state index >= 15 is 0 Å². The SMILES string of the molecule is O=C(O)c1c2n(c3cc(Cl)c(F)cc3c1=O)C(c1ccccc1)CS2. The van der Waals surface area contributed by atoms with Crippen LogP contribution in [0.2, 0.25) is 5.02 Å². The third kappa shape index (κ3) is 2.44. The van der Waals surface area contributed by atoms with Crippen LogP contribution in [0, 0.1) is 5.82 Å². The lowest BCUT2D eigenvalue weighted by atomic mass is 10.1. The molecule has 1 atom stereocenters. The van der Waals surface area contributed by atoms with E-state index in [2.05, 4.69) is 0 Å². The molecule has 0 saturated heterocycles. The van der Waals surface area contributed by atoms with Crippen molar-refractivity contribution < 1.29 is 14.3 Å². The summed E-state index contributed by atoms with van der Waals surface area (Å²) in [5.74, 6) is -1.48. The summed E-state index contributed by atoms with van der Waals surface area (Å²) < 4.78 is 15.7. The minimum absolute atomic E-state index is 0.0199. The van der Waals surface area contributed by atoms with Crippen molar-refractivity contribution in [1.82, 2.24) is 4.57 Å². The van der Waals surface area contributed by atoms with Crippen molar-refractivity contribution in [1.29, 1.82) is 0 Å². The maximum Gasteiger partial charge on any atom is 0.342 e. The average Bonchev–Trinajstić information content (AvgIpc) is 3.02. The van der Waals surface area contributed by atoms with E-state index in [4.69, 9.17) is 11.6 Å². The standard InChI is InChI=1S/C18H11ClFNO3S/c19-11-7-13-10(6-12(11)20)16(22)15(18(23)24)17-21(13)14(8-25-17)9-4-2-1-3-5-9/h1-7,14H,8H2,(H,23,24). The van der Waals surface area contributed by atoms with Gasteiger partial charge in [0.15, 0.2) is 0 Å². The maximum atomic E-state index is 13.9. The number of fused-ring (bicyclic) bond motifs is 3. The van der Waals surface area contributed by atoms with E-state index in [-0.39, 0.29) is 22.0 Å². The number of benzene rings is 2. The summed E-state index contributed by atoms with van der Waals surface area (Å²) in [5, 5.41) is 9.82. The summed E-state index contributed by atoms with van der Waals surface area (Å²) in [6.07, 6.45) is 0. The molecule has 4 nitrogen and oxygen atoms in total. The summed E-state index contributed by atoms with van der Waals surface area (Å²) in [7, 11) is 0. The number of aromatic carboxylic acids is 1. The zero-order valence-corrected chi connectivity index (χ0v) is 14.3. The molecule has 0 amide bonds. The molecule has 1 aliphatic heterocycles. The van der Waals surface area contributed by atoms with E-state index < -0.39 is 17.2 Å². The molecular weight excluding hydrogens is 365 g/mol. The lowest BCUT2D eigenvalue weighted by Gasteiger charge is -2.19. The molecule has 25 heavy (non-hydrogen) atoms. The third-order valence-corrected chi connectivity index (χ3v) is 5.74. The number of hydrogen-bond donors (Lipinski definition) is 1. The first-order valence-corrected chi connectivity index (χ1v) is 8.83. The number of pyridine rings is 1. The van der Waals surface area contributed by atoms with Crippen molar-refractivity contribution in [3.63, 3.8) is 0 Å². The molecule has 1 aromatic heterocycles. The van der Waals surface area contributed by atoms with Crippen LogP contribution in [0.4, 0.5) is 4.39 Å². The lowest BCUT2D eigenvalue weighted by molar-refractivity contribution is 0.0690. The topological polar surface area (TPSA) is 59.3 Å². The Kier molecular flexibility index (Phi) is 3.81. The van der Waals surface area contributed by atoms with Crippen LogP contribution in [0.1, 0.15) is 22.0 Å². The van der Waals surface area contributed by atoms with Gasteiger partial charge >= 0.3 is 5.97 Å². The number of nitrogens with zero attached hydrogens (tertiary/aromatic N) is 1. The van der Waals surface area contributed by atoms with Gasteiger partial charge in [-0.25, -0.2) is 9.18 Å². The van der Waals surface area contributed by atoms with Crippen LogP contribution in [0.15, 0.2) is 52.3 Å². The summed E-state index contributed by atoms with van der Waals surface area (Å²) in [6.45, 7) is 0. The van der Waals surface area contributed by atoms with E-state index in [0.29, 0.717) is 16.3 Å². The minimum atomic E-state index is -1.31. The highest BCUT2D eigenvalue weighted by Gasteiger charge is 2.32. The van der Waals surface area contributed by atoms with Crippen molar-refractivity contribution >= 4 is 40.2 Å². The molecule has 7 heteroatoms. The molecule has 3 aromatic rings. The molecular formula is C18H11ClFNO3S. The number of halogens is 2. The number of carboxylic acid groups (broad SMARTS) is 1. The smallest absolute Gasteiger partial charge is 0.342 e. The first-order valence-electron chi connectivity index (χ1n) is 7.47. The fourth-order valence-corrected chi connectivity index (χ4v) is 4.68. The molecule has 0 spiro atoms. The highest BCUT2D eigenvalue weighted by Crippen LogP contribution is 2.41. The fourth-order valence-electron chi connectivity index (χ4n) is 3.17. The van der Waals surface area contributed by atoms with Gasteiger partial charge in [-0.15, -0.1) is 11.8 Å². The molecule has 0 fully saturated rings. The van der Waals surface area contributed by atoms with Crippen molar-refractivity contribution in [2.45, 2.75) is 11.1 Å². The monoisotopic (exact) mass is 375 g/mol. The first kappa shape index (κ1) is 16.2. The van der Waals surface area contributed by atoms with Crippen molar-refractivity contribution in [3.8, 4) is 0 Å². The van der Waals surface area contributed by atoms with Gasteiger partial charge in [-0.05, 0) is 17.7 Å². The van der Waals surface area contributed by atoms with Crippen LogP contribution in [0.5, 0.6) is 0 Å². The van der Waals surface area contributed by atoms with E-state index in [0.717, 1.165) is 11.6 Å². The maximum absolute atomic E-state index is 13.9. The van der Waals surface area contributed by atoms with Crippen LogP contribution in [-0.4, -0.2) is 21.4 Å². The first-order chi connectivity index (χ1) is 12.0. The van der Waals surface area contributed by atoms with Crippen LogP contribution in [-0.2, 0) is 0 Å². The Hall–Kier alpha value is -2.31. The van der Waals surface area contributed by atoms with E-state index in [1.807, 2.05) is 30.3 Å². The highest BCUT2D eigenvalue weighted by molar-refractivity contribution is 7.99. The second-order valence-electron chi connectivity index (χ2n) is 5.71. The van der Waals surface area contributed by atoms with Gasteiger partial charge in [-0.2, -0.15) is 0 Å². The van der Waals surface area contributed by atoms with Crippen LogP contribution in [0.3, 0.4) is 0 Å². The summed E-state index contributed by atoms with van der Waals surface area (Å²) in [4.78, 5) is 24.3. The number of rotatable bonds is 2. The molecule has 0 bridgehead atoms. The van der Waals surface area contributed by atoms with Crippen LogP contribution in [0.25, 0.3) is 10.9 Å². The normalized spacial score (nSPS) is 16.2. The fraction of sp³-hybridized carbons (Fsp3) is 0.111. The van der Waals surface area contributed by atoms with Gasteiger partial charge in [-0.3, -0.25) is 4.79 Å². The molecule has 126 valence electrons.